The number of hydrogen-bond acceptors (Lipinski definition) is 4. The number of hydrogen-bond donors (Lipinski definition) is 1. The Morgan fingerprint density at radius 3 is 2.65 bits per heavy atom. The Kier molecular flexibility index (Phi) is 4.13. The molecule has 4 nitrogen and oxygen atoms in total. The fourth-order valence-electron chi connectivity index (χ4n) is 1.49. The Bertz CT molecular complexity index is 809. The Labute approximate surface area is 128 Å². The normalized spacial score (nSPS) is 11.1. The van der Waals surface area contributed by atoms with Crippen LogP contribution in [-0.2, 0) is 10.0 Å². The van der Waals surface area contributed by atoms with Crippen LogP contribution < -0.4 is 4.72 Å². The number of benzene rings is 1. The van der Waals surface area contributed by atoms with Crippen LogP contribution in [0.15, 0.2) is 32.3 Å². The van der Waals surface area contributed by atoms with Gasteiger partial charge in [-0.25, -0.2) is 12.8 Å². The van der Waals surface area contributed by atoms with Gasteiger partial charge in [0.2, 0.25) is 0 Å². The van der Waals surface area contributed by atoms with Gasteiger partial charge in [0.05, 0.1) is 21.1 Å². The van der Waals surface area contributed by atoms with Crippen LogP contribution in [0, 0.1) is 24.1 Å². The topological polar surface area (TPSA) is 70.0 Å². The van der Waals surface area contributed by atoms with E-state index in [2.05, 4.69) is 20.7 Å². The second-order valence-electron chi connectivity index (χ2n) is 3.91. The first-order valence-electron chi connectivity index (χ1n) is 5.32. The minimum atomic E-state index is -3.79. The van der Waals surface area contributed by atoms with Crippen LogP contribution >= 0.6 is 27.3 Å². The standard InChI is InChI=1S/C12H8BrFN2O2S2/c1-7-9(14)4-8(6-15)5-10(7)16-20(17,18)12-3-2-11(13)19-12/h2-5,16H,1H3. The van der Waals surface area contributed by atoms with Crippen molar-refractivity contribution in [2.45, 2.75) is 11.1 Å². The van der Waals surface area contributed by atoms with Gasteiger partial charge in [-0.2, -0.15) is 5.26 Å². The van der Waals surface area contributed by atoms with E-state index in [-0.39, 0.29) is 21.0 Å². The molecule has 1 N–H and O–H groups in total. The molecule has 0 saturated carbocycles. The Balaban J connectivity index is 2.45. The van der Waals surface area contributed by atoms with Crippen molar-refractivity contribution in [3.8, 4) is 6.07 Å². The molecule has 0 fully saturated rings. The van der Waals surface area contributed by atoms with Gasteiger partial charge < -0.3 is 0 Å². The molecule has 0 unspecified atom stereocenters. The quantitative estimate of drug-likeness (QED) is 0.891. The number of nitrogens with one attached hydrogen (secondary N) is 1. The second-order valence-corrected chi connectivity index (χ2v) is 8.28. The summed E-state index contributed by atoms with van der Waals surface area (Å²) in [5, 5.41) is 8.80. The summed E-state index contributed by atoms with van der Waals surface area (Å²) in [6.07, 6.45) is 0. The molecule has 1 heterocycles. The lowest BCUT2D eigenvalue weighted by Crippen LogP contribution is -2.13. The molecule has 0 amide bonds. The van der Waals surface area contributed by atoms with Crippen molar-refractivity contribution in [2.75, 3.05) is 4.72 Å². The van der Waals surface area contributed by atoms with Crippen molar-refractivity contribution in [1.82, 2.24) is 0 Å². The summed E-state index contributed by atoms with van der Waals surface area (Å²) in [6.45, 7) is 1.44. The number of rotatable bonds is 3. The van der Waals surface area contributed by atoms with E-state index in [4.69, 9.17) is 5.26 Å². The summed E-state index contributed by atoms with van der Waals surface area (Å²) in [4.78, 5) is 0. The van der Waals surface area contributed by atoms with Crippen LogP contribution in [0.25, 0.3) is 0 Å². The number of nitriles is 1. The third-order valence-electron chi connectivity index (χ3n) is 2.53. The fraction of sp³-hybridized carbons (Fsp3) is 0.0833. The van der Waals surface area contributed by atoms with Crippen molar-refractivity contribution in [1.29, 1.82) is 5.26 Å². The summed E-state index contributed by atoms with van der Waals surface area (Å²) < 4.78 is 41.0. The summed E-state index contributed by atoms with van der Waals surface area (Å²) >= 11 is 4.22. The summed E-state index contributed by atoms with van der Waals surface area (Å²) in [5.41, 5.74) is 0.257. The van der Waals surface area contributed by atoms with Crippen LogP contribution in [0.2, 0.25) is 0 Å². The van der Waals surface area contributed by atoms with Gasteiger partial charge in [-0.15, -0.1) is 11.3 Å². The average molecular weight is 375 g/mol. The van der Waals surface area contributed by atoms with Crippen LogP contribution in [0.1, 0.15) is 11.1 Å². The van der Waals surface area contributed by atoms with Gasteiger partial charge in [0, 0.05) is 5.56 Å². The molecule has 0 aliphatic heterocycles. The van der Waals surface area contributed by atoms with E-state index >= 15 is 0 Å². The van der Waals surface area contributed by atoms with Gasteiger partial charge in [0.1, 0.15) is 10.0 Å². The predicted molar refractivity (Wildman–Crippen MR) is 78.7 cm³/mol. The number of nitrogens with zero attached hydrogens (tertiary/aromatic N) is 1. The fourth-order valence-corrected chi connectivity index (χ4v) is 4.61. The monoisotopic (exact) mass is 374 g/mol. The number of halogens is 2. The first kappa shape index (κ1) is 15.0. The maximum atomic E-state index is 13.6. The zero-order valence-corrected chi connectivity index (χ0v) is 13.4. The first-order valence-corrected chi connectivity index (χ1v) is 8.41. The van der Waals surface area contributed by atoms with E-state index in [1.807, 2.05) is 0 Å². The summed E-state index contributed by atoms with van der Waals surface area (Å²) in [5.74, 6) is -0.630. The van der Waals surface area contributed by atoms with Gasteiger partial charge in [-0.05, 0) is 47.1 Å². The highest BCUT2D eigenvalue weighted by atomic mass is 79.9. The van der Waals surface area contributed by atoms with Crippen molar-refractivity contribution >= 4 is 43.0 Å². The van der Waals surface area contributed by atoms with E-state index in [0.29, 0.717) is 3.79 Å². The highest BCUT2D eigenvalue weighted by Crippen LogP contribution is 2.29. The van der Waals surface area contributed by atoms with Gasteiger partial charge >= 0.3 is 0 Å². The van der Waals surface area contributed by atoms with Crippen LogP contribution in [0.3, 0.4) is 0 Å². The van der Waals surface area contributed by atoms with Crippen LogP contribution in [0.5, 0.6) is 0 Å². The van der Waals surface area contributed by atoms with Crippen molar-refractivity contribution in [3.05, 3.63) is 45.0 Å². The number of thiophene rings is 1. The lowest BCUT2D eigenvalue weighted by Gasteiger charge is -2.10. The molecule has 0 spiro atoms. The molecule has 2 aromatic rings. The lowest BCUT2D eigenvalue weighted by molar-refractivity contribution is 0.602. The summed E-state index contributed by atoms with van der Waals surface area (Å²) in [6, 6.07) is 7.20. The van der Waals surface area contributed by atoms with E-state index in [1.54, 1.807) is 12.1 Å². The van der Waals surface area contributed by atoms with Gasteiger partial charge in [0.25, 0.3) is 10.0 Å². The molecule has 0 aliphatic rings. The zero-order chi connectivity index (χ0) is 14.9. The van der Waals surface area contributed by atoms with E-state index in [9.17, 15) is 12.8 Å². The highest BCUT2D eigenvalue weighted by Gasteiger charge is 2.19. The minimum absolute atomic E-state index is 0.0539. The molecule has 2 rings (SSSR count). The maximum absolute atomic E-state index is 13.6. The van der Waals surface area contributed by atoms with Crippen molar-refractivity contribution in [3.63, 3.8) is 0 Å². The van der Waals surface area contributed by atoms with Gasteiger partial charge in [-0.1, -0.05) is 0 Å². The smallest absolute Gasteiger partial charge is 0.271 e. The number of anilines is 1. The van der Waals surface area contributed by atoms with Crippen LogP contribution in [-0.4, -0.2) is 8.42 Å². The SMILES string of the molecule is Cc1c(F)cc(C#N)cc1NS(=O)(=O)c1ccc(Br)s1. The van der Waals surface area contributed by atoms with Gasteiger partial charge in [0.15, 0.2) is 0 Å². The molecular formula is C12H8BrFN2O2S2. The van der Waals surface area contributed by atoms with E-state index in [0.717, 1.165) is 17.4 Å². The summed E-state index contributed by atoms with van der Waals surface area (Å²) in [7, 11) is -3.79. The Hall–Kier alpha value is -1.43. The molecule has 1 aromatic heterocycles. The molecule has 0 saturated heterocycles. The molecule has 0 bridgehead atoms. The maximum Gasteiger partial charge on any atom is 0.271 e. The largest absolute Gasteiger partial charge is 0.279 e. The van der Waals surface area contributed by atoms with Crippen LogP contribution in [0.4, 0.5) is 10.1 Å². The lowest BCUT2D eigenvalue weighted by atomic mass is 10.1. The second kappa shape index (κ2) is 5.52. The molecule has 8 heteroatoms. The van der Waals surface area contributed by atoms with Crippen molar-refractivity contribution < 1.29 is 12.8 Å². The molecule has 0 atom stereocenters. The van der Waals surface area contributed by atoms with Crippen molar-refractivity contribution in [2.24, 2.45) is 0 Å². The molecule has 0 aliphatic carbocycles. The zero-order valence-electron chi connectivity index (χ0n) is 10.1. The highest BCUT2D eigenvalue weighted by molar-refractivity contribution is 9.11. The molecule has 1 aromatic carbocycles. The molecule has 0 radical (unpaired) electrons. The Morgan fingerprint density at radius 1 is 1.40 bits per heavy atom. The van der Waals surface area contributed by atoms with E-state index < -0.39 is 15.8 Å². The van der Waals surface area contributed by atoms with E-state index in [1.165, 1.54) is 19.1 Å². The number of sulfonamides is 1. The minimum Gasteiger partial charge on any atom is -0.279 e. The third kappa shape index (κ3) is 3.00. The van der Waals surface area contributed by atoms with Gasteiger partial charge in [-0.3, -0.25) is 4.72 Å². The molecular weight excluding hydrogens is 367 g/mol. The Morgan fingerprint density at radius 2 is 2.10 bits per heavy atom. The third-order valence-corrected chi connectivity index (χ3v) is 6.01. The molecule has 104 valence electrons. The average Bonchev–Trinajstić information content (AvgIpc) is 2.82. The molecule has 20 heavy (non-hydrogen) atoms. The first-order chi connectivity index (χ1) is 9.33. The predicted octanol–water partition coefficient (Wildman–Crippen LogP) is 3.63.